The molecule has 1 aromatic rings. The van der Waals surface area contributed by atoms with Crippen LogP contribution in [0.4, 0.5) is 4.39 Å². The molecule has 0 radical (unpaired) electrons. The van der Waals surface area contributed by atoms with E-state index in [2.05, 4.69) is 17.2 Å². The smallest absolute Gasteiger partial charge is 0.252 e. The largest absolute Gasteiger partial charge is 0.376 e. The van der Waals surface area contributed by atoms with Gasteiger partial charge in [-0.1, -0.05) is 11.8 Å². The zero-order chi connectivity index (χ0) is 14.5. The summed E-state index contributed by atoms with van der Waals surface area (Å²) in [4.78, 5) is 12.3. The van der Waals surface area contributed by atoms with E-state index in [0.717, 1.165) is 6.42 Å². The van der Waals surface area contributed by atoms with E-state index in [1.165, 1.54) is 18.2 Å². The number of amides is 1. The summed E-state index contributed by atoms with van der Waals surface area (Å²) in [6.07, 6.45) is 0.760. The third kappa shape index (κ3) is 3.35. The van der Waals surface area contributed by atoms with Gasteiger partial charge in [0.15, 0.2) is 0 Å². The van der Waals surface area contributed by atoms with Gasteiger partial charge in [0.05, 0.1) is 24.3 Å². The Balaban J connectivity index is 2.20. The summed E-state index contributed by atoms with van der Waals surface area (Å²) in [6.45, 7) is 2.71. The molecule has 1 saturated heterocycles. The number of carbonyl (C=O) groups is 1. The molecule has 1 aliphatic heterocycles. The van der Waals surface area contributed by atoms with Crippen molar-refractivity contribution in [3.05, 3.63) is 35.1 Å². The first-order chi connectivity index (χ1) is 9.61. The van der Waals surface area contributed by atoms with Crippen molar-refractivity contribution < 1.29 is 13.9 Å². The molecular weight excluding hydrogens is 259 g/mol. The molecule has 4 nitrogen and oxygen atoms in total. The van der Waals surface area contributed by atoms with Crippen LogP contribution in [0.15, 0.2) is 18.2 Å². The summed E-state index contributed by atoms with van der Waals surface area (Å²) in [5, 5.41) is 2.90. The van der Waals surface area contributed by atoms with Crippen molar-refractivity contribution >= 4 is 5.91 Å². The Kier molecular flexibility index (Phi) is 4.72. The number of ether oxygens (including phenoxy) is 1. The average Bonchev–Trinajstić information content (AvgIpc) is 2.82. The first-order valence-corrected chi connectivity index (χ1v) is 6.52. The fraction of sp³-hybridized carbons (Fsp3) is 0.400. The van der Waals surface area contributed by atoms with Crippen molar-refractivity contribution in [3.8, 4) is 11.8 Å². The number of hydrogen-bond donors (Lipinski definition) is 2. The molecule has 5 heteroatoms. The maximum atomic E-state index is 13.3. The lowest BCUT2D eigenvalue weighted by Gasteiger charge is -2.16. The van der Waals surface area contributed by atoms with E-state index >= 15 is 0 Å². The van der Waals surface area contributed by atoms with Gasteiger partial charge in [-0.05, 0) is 31.5 Å². The molecule has 0 aromatic heterocycles. The number of carbonyl (C=O) groups excluding carboxylic acids is 1. The van der Waals surface area contributed by atoms with Crippen LogP contribution in [-0.4, -0.2) is 31.2 Å². The van der Waals surface area contributed by atoms with Gasteiger partial charge in [-0.15, -0.1) is 0 Å². The van der Waals surface area contributed by atoms with E-state index in [1.807, 2.05) is 6.92 Å². The number of rotatable bonds is 2. The SMILES string of the molecule is CC1OCCC1NC(=O)c1ccc(F)cc1C#CCN. The molecule has 0 spiro atoms. The minimum Gasteiger partial charge on any atom is -0.376 e. The minimum atomic E-state index is -0.430. The summed E-state index contributed by atoms with van der Waals surface area (Å²) >= 11 is 0. The summed E-state index contributed by atoms with van der Waals surface area (Å²) in [5.41, 5.74) is 6.01. The molecule has 1 aliphatic rings. The fourth-order valence-corrected chi connectivity index (χ4v) is 2.13. The van der Waals surface area contributed by atoms with Crippen LogP contribution in [0, 0.1) is 17.7 Å². The topological polar surface area (TPSA) is 64.3 Å². The zero-order valence-electron chi connectivity index (χ0n) is 11.3. The summed E-state index contributed by atoms with van der Waals surface area (Å²) < 4.78 is 18.7. The van der Waals surface area contributed by atoms with Crippen LogP contribution in [0.25, 0.3) is 0 Å². The van der Waals surface area contributed by atoms with E-state index < -0.39 is 5.82 Å². The van der Waals surface area contributed by atoms with Crippen molar-refractivity contribution in [2.45, 2.75) is 25.5 Å². The monoisotopic (exact) mass is 276 g/mol. The lowest BCUT2D eigenvalue weighted by molar-refractivity contribution is 0.0866. The van der Waals surface area contributed by atoms with Crippen LogP contribution in [0.2, 0.25) is 0 Å². The molecule has 20 heavy (non-hydrogen) atoms. The Morgan fingerprint density at radius 3 is 3.05 bits per heavy atom. The van der Waals surface area contributed by atoms with Gasteiger partial charge in [0.2, 0.25) is 0 Å². The minimum absolute atomic E-state index is 0.0158. The average molecular weight is 276 g/mol. The van der Waals surface area contributed by atoms with Gasteiger partial charge in [0, 0.05) is 12.2 Å². The number of benzene rings is 1. The van der Waals surface area contributed by atoms with E-state index in [9.17, 15) is 9.18 Å². The number of hydrogen-bond acceptors (Lipinski definition) is 3. The van der Waals surface area contributed by atoms with Crippen LogP contribution in [0.1, 0.15) is 29.3 Å². The van der Waals surface area contributed by atoms with Crippen LogP contribution >= 0.6 is 0 Å². The Morgan fingerprint density at radius 2 is 2.40 bits per heavy atom. The maximum Gasteiger partial charge on any atom is 0.252 e. The summed E-state index contributed by atoms with van der Waals surface area (Å²) in [6, 6.07) is 3.90. The molecule has 1 fully saturated rings. The number of nitrogens with one attached hydrogen (secondary N) is 1. The van der Waals surface area contributed by atoms with Crippen molar-refractivity contribution in [3.63, 3.8) is 0 Å². The highest BCUT2D eigenvalue weighted by Gasteiger charge is 2.26. The quantitative estimate of drug-likeness (QED) is 0.793. The highest BCUT2D eigenvalue weighted by molar-refractivity contribution is 5.97. The molecule has 1 amide bonds. The second-order valence-electron chi connectivity index (χ2n) is 4.64. The summed E-state index contributed by atoms with van der Waals surface area (Å²) in [5.74, 6) is 4.66. The van der Waals surface area contributed by atoms with Gasteiger partial charge in [-0.25, -0.2) is 4.39 Å². The molecule has 0 bridgehead atoms. The first kappa shape index (κ1) is 14.5. The first-order valence-electron chi connectivity index (χ1n) is 6.52. The van der Waals surface area contributed by atoms with Gasteiger partial charge in [-0.3, -0.25) is 4.79 Å². The predicted molar refractivity (Wildman–Crippen MR) is 73.6 cm³/mol. The molecule has 0 saturated carbocycles. The maximum absolute atomic E-state index is 13.3. The zero-order valence-corrected chi connectivity index (χ0v) is 11.3. The fourth-order valence-electron chi connectivity index (χ4n) is 2.13. The molecule has 0 aliphatic carbocycles. The molecule has 106 valence electrons. The van der Waals surface area contributed by atoms with Gasteiger partial charge >= 0.3 is 0 Å². The third-order valence-corrected chi connectivity index (χ3v) is 3.24. The lowest BCUT2D eigenvalue weighted by Crippen LogP contribution is -2.39. The van der Waals surface area contributed by atoms with Gasteiger partial charge in [0.1, 0.15) is 5.82 Å². The third-order valence-electron chi connectivity index (χ3n) is 3.24. The van der Waals surface area contributed by atoms with E-state index in [1.54, 1.807) is 0 Å². The van der Waals surface area contributed by atoms with Crippen molar-refractivity contribution in [1.82, 2.24) is 5.32 Å². The van der Waals surface area contributed by atoms with Crippen LogP contribution in [-0.2, 0) is 4.74 Å². The van der Waals surface area contributed by atoms with Crippen LogP contribution in [0.3, 0.4) is 0 Å². The van der Waals surface area contributed by atoms with Gasteiger partial charge < -0.3 is 15.8 Å². The molecule has 1 heterocycles. The Morgan fingerprint density at radius 1 is 1.60 bits per heavy atom. The highest BCUT2D eigenvalue weighted by Crippen LogP contribution is 2.15. The van der Waals surface area contributed by atoms with E-state index in [4.69, 9.17) is 10.5 Å². The predicted octanol–water partition coefficient (Wildman–Crippen LogP) is 1.04. The van der Waals surface area contributed by atoms with Crippen molar-refractivity contribution in [2.24, 2.45) is 5.73 Å². The molecular formula is C15H17FN2O2. The lowest BCUT2D eigenvalue weighted by atomic mass is 10.1. The Bertz CT molecular complexity index is 563. The molecule has 3 N–H and O–H groups in total. The van der Waals surface area contributed by atoms with Crippen molar-refractivity contribution in [1.29, 1.82) is 0 Å². The second kappa shape index (κ2) is 6.51. The number of nitrogens with two attached hydrogens (primary N) is 1. The summed E-state index contributed by atoms with van der Waals surface area (Å²) in [7, 11) is 0. The molecule has 2 atom stereocenters. The van der Waals surface area contributed by atoms with E-state index in [-0.39, 0.29) is 24.6 Å². The molecule has 1 aromatic carbocycles. The normalized spacial score (nSPS) is 21.1. The van der Waals surface area contributed by atoms with E-state index in [0.29, 0.717) is 17.7 Å². The highest BCUT2D eigenvalue weighted by atomic mass is 19.1. The number of halogens is 1. The van der Waals surface area contributed by atoms with Crippen molar-refractivity contribution in [2.75, 3.05) is 13.2 Å². The Hall–Kier alpha value is -1.90. The standard InChI is InChI=1S/C15H17FN2O2/c1-10-14(6-8-20-10)18-15(19)13-5-4-12(16)9-11(13)3-2-7-17/h4-5,9-10,14H,6-8,17H2,1H3,(H,18,19). The molecule has 2 unspecified atom stereocenters. The van der Waals surface area contributed by atoms with Crippen LogP contribution < -0.4 is 11.1 Å². The molecule has 2 rings (SSSR count). The van der Waals surface area contributed by atoms with Gasteiger partial charge in [-0.2, -0.15) is 0 Å². The second-order valence-corrected chi connectivity index (χ2v) is 4.64. The van der Waals surface area contributed by atoms with Gasteiger partial charge in [0.25, 0.3) is 5.91 Å². The Labute approximate surface area is 117 Å². The van der Waals surface area contributed by atoms with Crippen LogP contribution in [0.5, 0.6) is 0 Å².